The van der Waals surface area contributed by atoms with Crippen molar-refractivity contribution >= 4 is 37.8 Å². The van der Waals surface area contributed by atoms with E-state index in [-0.39, 0.29) is 0 Å². The van der Waals surface area contributed by atoms with Crippen LogP contribution in [0.3, 0.4) is 0 Å². The zero-order valence-electron chi connectivity index (χ0n) is 7.22. The first-order chi connectivity index (χ1) is 4.95. The first kappa shape index (κ1) is 11.9. The molecule has 0 amide bonds. The monoisotopic (exact) mass is 213 g/mol. The lowest BCUT2D eigenvalue weighted by atomic mass is 10.4. The van der Waals surface area contributed by atoms with Crippen LogP contribution in [-0.2, 0) is 0 Å². The van der Waals surface area contributed by atoms with Crippen LogP contribution in [0.4, 0.5) is 0 Å². The SMILES string of the molecule is CC(C)N(SN(S)S)N(C)C. The van der Waals surface area contributed by atoms with Crippen LogP contribution in [0.15, 0.2) is 0 Å². The third-order valence-electron chi connectivity index (χ3n) is 0.993. The highest BCUT2D eigenvalue weighted by molar-refractivity contribution is 8.14. The number of hydrazine groups is 1. The largest absolute Gasteiger partial charge is 0.237 e. The molecule has 0 atom stereocenters. The van der Waals surface area contributed by atoms with Crippen LogP contribution in [0.2, 0.25) is 0 Å². The Balaban J connectivity index is 3.90. The molecule has 68 valence electrons. The molecule has 0 saturated heterocycles. The molecule has 0 radical (unpaired) electrons. The normalized spacial score (nSPS) is 12.5. The van der Waals surface area contributed by atoms with E-state index in [1.807, 2.05) is 19.1 Å². The molecule has 0 heterocycles. The van der Waals surface area contributed by atoms with Gasteiger partial charge in [0, 0.05) is 32.3 Å². The summed E-state index contributed by atoms with van der Waals surface area (Å²) >= 11 is 9.47. The fourth-order valence-electron chi connectivity index (χ4n) is 0.704. The molecule has 0 N–H and O–H groups in total. The van der Waals surface area contributed by atoms with Crippen LogP contribution in [0, 0.1) is 0 Å². The first-order valence-corrected chi connectivity index (χ1v) is 4.80. The summed E-state index contributed by atoms with van der Waals surface area (Å²) in [6, 6.07) is 0.428. The van der Waals surface area contributed by atoms with Crippen molar-refractivity contribution in [2.75, 3.05) is 14.1 Å². The van der Waals surface area contributed by atoms with Gasteiger partial charge in [-0.1, -0.05) is 25.6 Å². The Kier molecular flexibility index (Phi) is 6.02. The summed E-state index contributed by atoms with van der Waals surface area (Å²) in [5, 5.41) is 1.99. The van der Waals surface area contributed by atoms with E-state index in [2.05, 4.69) is 43.9 Å². The van der Waals surface area contributed by atoms with Crippen LogP contribution < -0.4 is 0 Å². The molecule has 0 aliphatic heterocycles. The zero-order chi connectivity index (χ0) is 9.02. The van der Waals surface area contributed by atoms with Gasteiger partial charge in [-0.05, 0) is 13.8 Å². The Bertz CT molecular complexity index is 99.1. The highest BCUT2D eigenvalue weighted by atomic mass is 32.3. The quantitative estimate of drug-likeness (QED) is 0.418. The van der Waals surface area contributed by atoms with Crippen molar-refractivity contribution in [1.82, 2.24) is 12.5 Å². The predicted molar refractivity (Wildman–Crippen MR) is 58.1 cm³/mol. The molecule has 0 bridgehead atoms. The van der Waals surface area contributed by atoms with Crippen LogP contribution in [0.5, 0.6) is 0 Å². The average molecular weight is 213 g/mol. The molecule has 0 aliphatic carbocycles. The zero-order valence-corrected chi connectivity index (χ0v) is 9.83. The maximum atomic E-state index is 4.02. The minimum atomic E-state index is 0.428. The Labute approximate surface area is 84.4 Å². The van der Waals surface area contributed by atoms with E-state index >= 15 is 0 Å². The van der Waals surface area contributed by atoms with E-state index in [4.69, 9.17) is 0 Å². The van der Waals surface area contributed by atoms with Crippen molar-refractivity contribution in [3.8, 4) is 0 Å². The van der Waals surface area contributed by atoms with Gasteiger partial charge in [0.25, 0.3) is 0 Å². The minimum absolute atomic E-state index is 0.428. The Morgan fingerprint density at radius 2 is 1.64 bits per heavy atom. The summed E-state index contributed by atoms with van der Waals surface area (Å²) < 4.78 is 3.53. The van der Waals surface area contributed by atoms with Gasteiger partial charge >= 0.3 is 0 Å². The van der Waals surface area contributed by atoms with E-state index in [0.29, 0.717) is 6.04 Å². The summed E-state index contributed by atoms with van der Waals surface area (Å²) in [7, 11) is 3.97. The molecule has 0 rings (SSSR count). The number of hydrogen-bond acceptors (Lipinski definition) is 6. The highest BCUT2D eigenvalue weighted by Crippen LogP contribution is 2.23. The second kappa shape index (κ2) is 5.55. The smallest absolute Gasteiger partial charge is 0.0466 e. The van der Waals surface area contributed by atoms with Crippen molar-refractivity contribution in [3.05, 3.63) is 0 Å². The molecule has 0 aromatic heterocycles. The van der Waals surface area contributed by atoms with Crippen LogP contribution >= 0.6 is 37.8 Å². The average Bonchev–Trinajstić information content (AvgIpc) is 1.81. The Morgan fingerprint density at radius 1 is 1.18 bits per heavy atom. The number of thiol groups is 2. The highest BCUT2D eigenvalue weighted by Gasteiger charge is 2.13. The molecular formula is C5H15N3S3. The molecule has 0 aromatic carbocycles. The summed E-state index contributed by atoms with van der Waals surface area (Å²) in [6.07, 6.45) is 0. The lowest BCUT2D eigenvalue weighted by Gasteiger charge is -2.31. The van der Waals surface area contributed by atoms with E-state index in [9.17, 15) is 0 Å². The summed E-state index contributed by atoms with van der Waals surface area (Å²) in [5.74, 6) is 0. The molecule has 0 aromatic rings. The lowest BCUT2D eigenvalue weighted by molar-refractivity contribution is 0.109. The van der Waals surface area contributed by atoms with E-state index < -0.39 is 0 Å². The standard InChI is InChI=1S/C5H15N3S3/c1-5(2)7(6(3)4)11-8(9)10/h5,9-10H,1-4H3. The molecule has 6 heteroatoms. The van der Waals surface area contributed by atoms with Crippen molar-refractivity contribution < 1.29 is 0 Å². The Morgan fingerprint density at radius 3 is 1.73 bits per heavy atom. The third kappa shape index (κ3) is 5.21. The van der Waals surface area contributed by atoms with Crippen molar-refractivity contribution in [1.29, 1.82) is 0 Å². The number of hydrogen-bond donors (Lipinski definition) is 2. The third-order valence-corrected chi connectivity index (χ3v) is 2.49. The summed E-state index contributed by atoms with van der Waals surface area (Å²) in [5.41, 5.74) is 0. The van der Waals surface area contributed by atoms with Crippen LogP contribution in [0.25, 0.3) is 0 Å². The molecule has 11 heavy (non-hydrogen) atoms. The molecule has 0 aliphatic rings. The van der Waals surface area contributed by atoms with E-state index in [1.54, 1.807) is 0 Å². The van der Waals surface area contributed by atoms with Gasteiger partial charge in [0.05, 0.1) is 0 Å². The van der Waals surface area contributed by atoms with Gasteiger partial charge in [0.15, 0.2) is 0 Å². The van der Waals surface area contributed by atoms with E-state index in [1.165, 1.54) is 15.2 Å². The van der Waals surface area contributed by atoms with Crippen molar-refractivity contribution in [3.63, 3.8) is 0 Å². The van der Waals surface area contributed by atoms with Crippen molar-refractivity contribution in [2.45, 2.75) is 19.9 Å². The second-order valence-corrected chi connectivity index (χ2v) is 5.14. The molecule has 3 nitrogen and oxygen atoms in total. The van der Waals surface area contributed by atoms with Crippen LogP contribution in [-0.4, -0.2) is 32.7 Å². The van der Waals surface area contributed by atoms with Gasteiger partial charge in [-0.2, -0.15) is 4.41 Å². The molecule has 0 saturated carbocycles. The maximum Gasteiger partial charge on any atom is 0.0466 e. The second-order valence-electron chi connectivity index (χ2n) is 2.58. The maximum absolute atomic E-state index is 4.02. The van der Waals surface area contributed by atoms with Gasteiger partial charge in [-0.15, -0.1) is 3.12 Å². The van der Waals surface area contributed by atoms with Crippen molar-refractivity contribution in [2.24, 2.45) is 0 Å². The summed E-state index contributed by atoms with van der Waals surface area (Å²) in [6.45, 7) is 4.22. The van der Waals surface area contributed by atoms with Gasteiger partial charge in [0.1, 0.15) is 0 Å². The predicted octanol–water partition coefficient (Wildman–Crippen LogP) is 1.73. The Hall–Kier alpha value is 0.930. The number of nitrogens with zero attached hydrogens (tertiary/aromatic N) is 3. The van der Waals surface area contributed by atoms with Gasteiger partial charge in [-0.3, -0.25) is 0 Å². The molecular weight excluding hydrogens is 198 g/mol. The van der Waals surface area contributed by atoms with Gasteiger partial charge in [-0.25, -0.2) is 5.01 Å². The number of rotatable bonds is 4. The fraction of sp³-hybridized carbons (Fsp3) is 1.00. The first-order valence-electron chi connectivity index (χ1n) is 3.27. The summed E-state index contributed by atoms with van der Waals surface area (Å²) in [4.78, 5) is 0. The minimum Gasteiger partial charge on any atom is -0.237 e. The molecule has 0 unspecified atom stereocenters. The topological polar surface area (TPSA) is 9.72 Å². The van der Waals surface area contributed by atoms with Crippen LogP contribution in [0.1, 0.15) is 13.8 Å². The van der Waals surface area contributed by atoms with Gasteiger partial charge < -0.3 is 0 Å². The van der Waals surface area contributed by atoms with Gasteiger partial charge in [0.2, 0.25) is 0 Å². The molecule has 0 fully saturated rings. The van der Waals surface area contributed by atoms with E-state index in [0.717, 1.165) is 0 Å². The lowest BCUT2D eigenvalue weighted by Crippen LogP contribution is -2.37. The fourth-order valence-corrected chi connectivity index (χ4v) is 1.64. The molecule has 0 spiro atoms.